The third-order valence-electron chi connectivity index (χ3n) is 3.23. The molecule has 2 N–H and O–H groups in total. The van der Waals surface area contributed by atoms with Crippen LogP contribution in [0.5, 0.6) is 0 Å². The molecule has 0 aromatic heterocycles. The topological polar surface area (TPSA) is 49.6 Å². The lowest BCUT2D eigenvalue weighted by Crippen LogP contribution is -2.40. The molecule has 1 rings (SSSR count). The summed E-state index contributed by atoms with van der Waals surface area (Å²) in [4.78, 5) is 15.8. The number of nitrogens with zero attached hydrogens (tertiary/aromatic N) is 2. The second kappa shape index (κ2) is 5.47. The van der Waals surface area contributed by atoms with Gasteiger partial charge in [-0.25, -0.2) is 0 Å². The number of amides is 1. The second-order valence-corrected chi connectivity index (χ2v) is 4.72. The second-order valence-electron chi connectivity index (χ2n) is 4.72. The molecule has 0 aromatic rings. The maximum Gasteiger partial charge on any atom is 0.236 e. The Morgan fingerprint density at radius 1 is 1.60 bits per heavy atom. The molecule has 1 amide bonds. The van der Waals surface area contributed by atoms with Gasteiger partial charge in [-0.2, -0.15) is 0 Å². The van der Waals surface area contributed by atoms with E-state index in [9.17, 15) is 4.79 Å². The normalized spacial score (nSPS) is 22.3. The number of carbonyl (C=O) groups is 1. The molecule has 15 heavy (non-hydrogen) atoms. The van der Waals surface area contributed by atoms with Crippen LogP contribution in [-0.4, -0.2) is 55.0 Å². The molecule has 1 aliphatic heterocycles. The van der Waals surface area contributed by atoms with Gasteiger partial charge in [0.2, 0.25) is 5.91 Å². The molecule has 4 nitrogen and oxygen atoms in total. The van der Waals surface area contributed by atoms with E-state index < -0.39 is 0 Å². The van der Waals surface area contributed by atoms with Crippen LogP contribution in [0, 0.1) is 5.92 Å². The van der Waals surface area contributed by atoms with Gasteiger partial charge in [0, 0.05) is 19.6 Å². The fraction of sp³-hybridized carbons (Fsp3) is 0.909. The van der Waals surface area contributed by atoms with Gasteiger partial charge in [-0.1, -0.05) is 0 Å². The van der Waals surface area contributed by atoms with Gasteiger partial charge in [0.05, 0.1) is 6.54 Å². The van der Waals surface area contributed by atoms with Crippen LogP contribution in [0.4, 0.5) is 0 Å². The third-order valence-corrected chi connectivity index (χ3v) is 3.23. The fourth-order valence-electron chi connectivity index (χ4n) is 1.84. The van der Waals surface area contributed by atoms with Crippen molar-refractivity contribution in [2.45, 2.75) is 26.3 Å². The van der Waals surface area contributed by atoms with E-state index in [1.807, 2.05) is 20.9 Å². The van der Waals surface area contributed by atoms with Crippen molar-refractivity contribution in [3.8, 4) is 0 Å². The van der Waals surface area contributed by atoms with Crippen LogP contribution in [0.15, 0.2) is 0 Å². The predicted molar refractivity (Wildman–Crippen MR) is 61.5 cm³/mol. The summed E-state index contributed by atoms with van der Waals surface area (Å²) in [6, 6.07) is 0.283. The molecule has 4 heteroatoms. The molecule has 1 saturated heterocycles. The van der Waals surface area contributed by atoms with E-state index in [0.29, 0.717) is 12.5 Å². The molecule has 0 aromatic carbocycles. The molecule has 0 bridgehead atoms. The highest BCUT2D eigenvalue weighted by molar-refractivity contribution is 5.78. The van der Waals surface area contributed by atoms with Crippen LogP contribution in [0.2, 0.25) is 0 Å². The van der Waals surface area contributed by atoms with Crippen molar-refractivity contribution in [1.82, 2.24) is 9.80 Å². The standard InChI is InChI=1S/C11H23N3O/c1-9(2)13(3)11(15)8-14-5-4-10(6-12)7-14/h9-10H,4-8,12H2,1-3H3. The minimum atomic E-state index is 0.211. The number of carbonyl (C=O) groups excluding carboxylic acids is 1. The Labute approximate surface area is 92.4 Å². The van der Waals surface area contributed by atoms with Gasteiger partial charge in [-0.3, -0.25) is 9.69 Å². The Balaban J connectivity index is 2.33. The van der Waals surface area contributed by atoms with Crippen molar-refractivity contribution in [3.05, 3.63) is 0 Å². The van der Waals surface area contributed by atoms with E-state index in [1.165, 1.54) is 0 Å². The Hall–Kier alpha value is -0.610. The number of likely N-dealkylation sites (N-methyl/N-ethyl adjacent to an activating group) is 1. The Kier molecular flexibility index (Phi) is 4.54. The lowest BCUT2D eigenvalue weighted by Gasteiger charge is -2.24. The number of rotatable bonds is 4. The van der Waals surface area contributed by atoms with Gasteiger partial charge in [0.1, 0.15) is 0 Å². The van der Waals surface area contributed by atoms with Crippen molar-refractivity contribution in [2.24, 2.45) is 11.7 Å². The highest BCUT2D eigenvalue weighted by Crippen LogP contribution is 2.14. The zero-order valence-corrected chi connectivity index (χ0v) is 10.1. The average molecular weight is 213 g/mol. The fourth-order valence-corrected chi connectivity index (χ4v) is 1.84. The summed E-state index contributed by atoms with van der Waals surface area (Å²) in [5, 5.41) is 0. The number of likely N-dealkylation sites (tertiary alicyclic amines) is 1. The largest absolute Gasteiger partial charge is 0.342 e. The van der Waals surface area contributed by atoms with Crippen LogP contribution >= 0.6 is 0 Å². The highest BCUT2D eigenvalue weighted by Gasteiger charge is 2.24. The average Bonchev–Trinajstić information content (AvgIpc) is 2.64. The Morgan fingerprint density at radius 2 is 2.27 bits per heavy atom. The monoisotopic (exact) mass is 213 g/mol. The molecular formula is C11H23N3O. The van der Waals surface area contributed by atoms with E-state index in [1.54, 1.807) is 4.90 Å². The van der Waals surface area contributed by atoms with Gasteiger partial charge in [0.15, 0.2) is 0 Å². The summed E-state index contributed by atoms with van der Waals surface area (Å²) in [6.45, 7) is 7.35. The lowest BCUT2D eigenvalue weighted by molar-refractivity contribution is -0.132. The summed E-state index contributed by atoms with van der Waals surface area (Å²) in [5.41, 5.74) is 5.61. The Morgan fingerprint density at radius 3 is 2.73 bits per heavy atom. The van der Waals surface area contributed by atoms with Crippen molar-refractivity contribution in [3.63, 3.8) is 0 Å². The summed E-state index contributed by atoms with van der Waals surface area (Å²) >= 11 is 0. The number of hydrogen-bond donors (Lipinski definition) is 1. The van der Waals surface area contributed by atoms with E-state index in [2.05, 4.69) is 4.90 Å². The number of hydrogen-bond acceptors (Lipinski definition) is 3. The van der Waals surface area contributed by atoms with Crippen LogP contribution in [0.3, 0.4) is 0 Å². The lowest BCUT2D eigenvalue weighted by atomic mass is 10.1. The molecule has 88 valence electrons. The maximum atomic E-state index is 11.8. The summed E-state index contributed by atoms with van der Waals surface area (Å²) in [5.74, 6) is 0.796. The Bertz CT molecular complexity index is 218. The molecule has 1 aliphatic rings. The zero-order valence-electron chi connectivity index (χ0n) is 10.1. The molecule has 1 atom stereocenters. The first kappa shape index (κ1) is 12.5. The molecule has 0 aliphatic carbocycles. The molecule has 0 spiro atoms. The molecule has 1 unspecified atom stereocenters. The van der Waals surface area contributed by atoms with E-state index in [4.69, 9.17) is 5.73 Å². The van der Waals surface area contributed by atoms with Crippen LogP contribution in [0.25, 0.3) is 0 Å². The van der Waals surface area contributed by atoms with Gasteiger partial charge in [-0.05, 0) is 39.3 Å². The quantitative estimate of drug-likeness (QED) is 0.722. The molecular weight excluding hydrogens is 190 g/mol. The minimum Gasteiger partial charge on any atom is -0.342 e. The van der Waals surface area contributed by atoms with Gasteiger partial charge in [-0.15, -0.1) is 0 Å². The smallest absolute Gasteiger partial charge is 0.236 e. The van der Waals surface area contributed by atoms with Crippen LogP contribution < -0.4 is 5.73 Å². The molecule has 0 radical (unpaired) electrons. The molecule has 1 fully saturated rings. The van der Waals surface area contributed by atoms with Crippen LogP contribution in [0.1, 0.15) is 20.3 Å². The summed E-state index contributed by atoms with van der Waals surface area (Å²) in [7, 11) is 1.86. The minimum absolute atomic E-state index is 0.211. The van der Waals surface area contributed by atoms with E-state index in [0.717, 1.165) is 26.1 Å². The van der Waals surface area contributed by atoms with Crippen molar-refractivity contribution >= 4 is 5.91 Å². The van der Waals surface area contributed by atoms with E-state index >= 15 is 0 Å². The predicted octanol–water partition coefficient (Wildman–Crippen LogP) is 0.134. The maximum absolute atomic E-state index is 11.8. The summed E-state index contributed by atoms with van der Waals surface area (Å²) in [6.07, 6.45) is 1.13. The van der Waals surface area contributed by atoms with E-state index in [-0.39, 0.29) is 11.9 Å². The SMILES string of the molecule is CC(C)N(C)C(=O)CN1CCC(CN)C1. The first-order valence-corrected chi connectivity index (χ1v) is 5.72. The van der Waals surface area contributed by atoms with Gasteiger partial charge in [0.25, 0.3) is 0 Å². The molecule has 1 heterocycles. The van der Waals surface area contributed by atoms with Crippen molar-refractivity contribution in [2.75, 3.05) is 33.2 Å². The third kappa shape index (κ3) is 3.47. The van der Waals surface area contributed by atoms with Crippen molar-refractivity contribution in [1.29, 1.82) is 0 Å². The zero-order chi connectivity index (χ0) is 11.4. The summed E-state index contributed by atoms with van der Waals surface area (Å²) < 4.78 is 0. The number of nitrogens with two attached hydrogens (primary N) is 1. The van der Waals surface area contributed by atoms with Crippen molar-refractivity contribution < 1.29 is 4.79 Å². The van der Waals surface area contributed by atoms with Gasteiger partial charge < -0.3 is 10.6 Å². The first-order chi connectivity index (χ1) is 7.04. The first-order valence-electron chi connectivity index (χ1n) is 5.72. The highest BCUT2D eigenvalue weighted by atomic mass is 16.2. The molecule has 0 saturated carbocycles. The van der Waals surface area contributed by atoms with Gasteiger partial charge >= 0.3 is 0 Å². The van der Waals surface area contributed by atoms with Crippen LogP contribution in [-0.2, 0) is 4.79 Å².